The molecular formula is C15H25N3OS. The van der Waals surface area contributed by atoms with Crippen LogP contribution in [0.15, 0.2) is 0 Å². The zero-order valence-corrected chi connectivity index (χ0v) is 13.8. The first kappa shape index (κ1) is 15.4. The zero-order chi connectivity index (χ0) is 14.8. The van der Waals surface area contributed by atoms with Gasteiger partial charge in [0.05, 0.1) is 10.6 Å². The molecule has 4 nitrogen and oxygen atoms in total. The maximum absolute atomic E-state index is 11.1. The minimum absolute atomic E-state index is 0.284. The molecule has 2 rings (SSSR count). The van der Waals surface area contributed by atoms with E-state index in [1.807, 2.05) is 0 Å². The third kappa shape index (κ3) is 2.88. The van der Waals surface area contributed by atoms with Crippen LogP contribution in [0.2, 0.25) is 0 Å². The van der Waals surface area contributed by atoms with Crippen LogP contribution in [-0.4, -0.2) is 49.4 Å². The highest BCUT2D eigenvalue weighted by atomic mass is 32.1. The van der Waals surface area contributed by atoms with E-state index in [0.29, 0.717) is 0 Å². The van der Waals surface area contributed by atoms with E-state index in [1.165, 1.54) is 30.6 Å². The van der Waals surface area contributed by atoms with Crippen molar-refractivity contribution in [1.29, 1.82) is 0 Å². The Morgan fingerprint density at radius 2 is 2.05 bits per heavy atom. The normalized spacial score (nSPS) is 17.1. The summed E-state index contributed by atoms with van der Waals surface area (Å²) < 4.78 is 0. The molecule has 0 spiro atoms. The SMILES string of the molecule is CCCc1nc(N(C)CC2(N(C)C)CCC2)sc1C=O. The molecular weight excluding hydrogens is 270 g/mol. The quantitative estimate of drug-likeness (QED) is 0.725. The maximum Gasteiger partial charge on any atom is 0.186 e. The van der Waals surface area contributed by atoms with Crippen LogP contribution in [0.1, 0.15) is 48.0 Å². The van der Waals surface area contributed by atoms with Crippen LogP contribution in [0.25, 0.3) is 0 Å². The largest absolute Gasteiger partial charge is 0.349 e. The van der Waals surface area contributed by atoms with Crippen molar-refractivity contribution in [3.63, 3.8) is 0 Å². The Kier molecular flexibility index (Phi) is 4.81. The summed E-state index contributed by atoms with van der Waals surface area (Å²) in [7, 11) is 6.41. The summed E-state index contributed by atoms with van der Waals surface area (Å²) >= 11 is 1.52. The molecule has 1 aliphatic rings. The Morgan fingerprint density at radius 3 is 2.50 bits per heavy atom. The molecule has 0 aliphatic heterocycles. The average molecular weight is 295 g/mol. The van der Waals surface area contributed by atoms with Gasteiger partial charge in [0.1, 0.15) is 0 Å². The van der Waals surface area contributed by atoms with Gasteiger partial charge in [-0.15, -0.1) is 0 Å². The number of hydrogen-bond acceptors (Lipinski definition) is 5. The molecule has 0 atom stereocenters. The van der Waals surface area contributed by atoms with Crippen molar-refractivity contribution in [2.75, 3.05) is 32.6 Å². The van der Waals surface area contributed by atoms with Gasteiger partial charge in [-0.3, -0.25) is 4.79 Å². The average Bonchev–Trinajstić information content (AvgIpc) is 2.77. The van der Waals surface area contributed by atoms with E-state index in [0.717, 1.165) is 41.4 Å². The van der Waals surface area contributed by atoms with Crippen molar-refractivity contribution >= 4 is 22.8 Å². The topological polar surface area (TPSA) is 36.4 Å². The third-order valence-electron chi connectivity index (χ3n) is 4.40. The Balaban J connectivity index is 2.12. The Labute approximate surface area is 125 Å². The second kappa shape index (κ2) is 6.22. The van der Waals surface area contributed by atoms with Crippen LogP contribution < -0.4 is 4.90 Å². The predicted molar refractivity (Wildman–Crippen MR) is 85.0 cm³/mol. The van der Waals surface area contributed by atoms with Gasteiger partial charge in [-0.2, -0.15) is 0 Å². The number of aromatic nitrogens is 1. The van der Waals surface area contributed by atoms with Gasteiger partial charge in [0.25, 0.3) is 0 Å². The van der Waals surface area contributed by atoms with Crippen LogP contribution in [0.3, 0.4) is 0 Å². The first-order valence-electron chi connectivity index (χ1n) is 7.36. The smallest absolute Gasteiger partial charge is 0.186 e. The molecule has 5 heteroatoms. The van der Waals surface area contributed by atoms with E-state index in [2.05, 4.69) is 42.9 Å². The molecule has 0 N–H and O–H groups in total. The lowest BCUT2D eigenvalue weighted by Crippen LogP contribution is -2.56. The number of nitrogens with zero attached hydrogens (tertiary/aromatic N) is 3. The number of hydrogen-bond donors (Lipinski definition) is 0. The second-order valence-electron chi connectivity index (χ2n) is 6.00. The van der Waals surface area contributed by atoms with Gasteiger partial charge in [-0.05, 0) is 39.8 Å². The Morgan fingerprint density at radius 1 is 1.35 bits per heavy atom. The number of thiazole rings is 1. The van der Waals surface area contributed by atoms with Crippen molar-refractivity contribution in [3.05, 3.63) is 10.6 Å². The number of aldehydes is 1. The highest BCUT2D eigenvalue weighted by Crippen LogP contribution is 2.38. The van der Waals surface area contributed by atoms with Gasteiger partial charge < -0.3 is 9.80 Å². The molecule has 1 saturated carbocycles. The number of aryl methyl sites for hydroxylation is 1. The lowest BCUT2D eigenvalue weighted by atomic mass is 9.75. The highest BCUT2D eigenvalue weighted by Gasteiger charge is 2.40. The van der Waals surface area contributed by atoms with Crippen molar-refractivity contribution in [3.8, 4) is 0 Å². The van der Waals surface area contributed by atoms with Crippen molar-refractivity contribution in [2.24, 2.45) is 0 Å². The minimum Gasteiger partial charge on any atom is -0.349 e. The minimum atomic E-state index is 0.284. The van der Waals surface area contributed by atoms with E-state index in [4.69, 9.17) is 0 Å². The predicted octanol–water partition coefficient (Wildman–Crippen LogP) is 2.83. The molecule has 0 bridgehead atoms. The van der Waals surface area contributed by atoms with Gasteiger partial charge in [-0.1, -0.05) is 24.7 Å². The molecule has 1 heterocycles. The first-order valence-corrected chi connectivity index (χ1v) is 8.17. The lowest BCUT2D eigenvalue weighted by molar-refractivity contribution is 0.0683. The fourth-order valence-electron chi connectivity index (χ4n) is 2.86. The second-order valence-corrected chi connectivity index (χ2v) is 7.01. The van der Waals surface area contributed by atoms with Gasteiger partial charge in [-0.25, -0.2) is 4.98 Å². The van der Waals surface area contributed by atoms with Crippen LogP contribution in [0, 0.1) is 0 Å². The maximum atomic E-state index is 11.1. The zero-order valence-electron chi connectivity index (χ0n) is 13.0. The number of carbonyl (C=O) groups excluding carboxylic acids is 1. The summed E-state index contributed by atoms with van der Waals surface area (Å²) in [5.74, 6) is 0. The van der Waals surface area contributed by atoms with E-state index >= 15 is 0 Å². The van der Waals surface area contributed by atoms with Crippen LogP contribution in [-0.2, 0) is 6.42 Å². The van der Waals surface area contributed by atoms with E-state index in [1.54, 1.807) is 0 Å². The standard InChI is InChI=1S/C15H25N3OS/c1-5-7-12-13(10-19)20-14(16-12)18(4)11-15(17(2)3)8-6-9-15/h10H,5-9,11H2,1-4H3. The molecule has 1 aromatic heterocycles. The summed E-state index contributed by atoms with van der Waals surface area (Å²) in [6.45, 7) is 3.10. The molecule has 0 aromatic carbocycles. The summed E-state index contributed by atoms with van der Waals surface area (Å²) in [5.41, 5.74) is 1.24. The molecule has 112 valence electrons. The molecule has 1 fully saturated rings. The molecule has 1 aliphatic carbocycles. The monoisotopic (exact) mass is 295 g/mol. The van der Waals surface area contributed by atoms with Crippen molar-refractivity contribution in [1.82, 2.24) is 9.88 Å². The van der Waals surface area contributed by atoms with Gasteiger partial charge in [0.15, 0.2) is 11.4 Å². The van der Waals surface area contributed by atoms with E-state index < -0.39 is 0 Å². The van der Waals surface area contributed by atoms with Gasteiger partial charge in [0.2, 0.25) is 0 Å². The number of likely N-dealkylation sites (N-methyl/N-ethyl adjacent to an activating group) is 2. The summed E-state index contributed by atoms with van der Waals surface area (Å²) in [6.07, 6.45) is 6.67. The fraction of sp³-hybridized carbons (Fsp3) is 0.733. The summed E-state index contributed by atoms with van der Waals surface area (Å²) in [4.78, 5) is 21.2. The molecule has 0 amide bonds. The van der Waals surface area contributed by atoms with Crippen molar-refractivity contribution in [2.45, 2.75) is 44.6 Å². The molecule has 20 heavy (non-hydrogen) atoms. The molecule has 0 saturated heterocycles. The number of carbonyl (C=O) groups is 1. The van der Waals surface area contributed by atoms with E-state index in [9.17, 15) is 4.79 Å². The third-order valence-corrected chi connectivity index (χ3v) is 5.54. The van der Waals surface area contributed by atoms with Crippen LogP contribution >= 0.6 is 11.3 Å². The Bertz CT molecular complexity index is 466. The van der Waals surface area contributed by atoms with Gasteiger partial charge >= 0.3 is 0 Å². The molecule has 1 aromatic rings. The first-order chi connectivity index (χ1) is 9.52. The van der Waals surface area contributed by atoms with Crippen LogP contribution in [0.4, 0.5) is 5.13 Å². The summed E-state index contributed by atoms with van der Waals surface area (Å²) in [6, 6.07) is 0. The summed E-state index contributed by atoms with van der Waals surface area (Å²) in [5, 5.41) is 0.976. The number of anilines is 1. The lowest BCUT2D eigenvalue weighted by Gasteiger charge is -2.49. The fourth-order valence-corrected chi connectivity index (χ4v) is 3.75. The van der Waals surface area contributed by atoms with E-state index in [-0.39, 0.29) is 5.54 Å². The van der Waals surface area contributed by atoms with Gasteiger partial charge in [0, 0.05) is 19.1 Å². The van der Waals surface area contributed by atoms with Crippen molar-refractivity contribution < 1.29 is 4.79 Å². The van der Waals surface area contributed by atoms with Crippen LogP contribution in [0.5, 0.6) is 0 Å². The molecule has 0 unspecified atom stereocenters. The number of rotatable bonds is 7. The highest BCUT2D eigenvalue weighted by molar-refractivity contribution is 7.17. The Hall–Kier alpha value is -0.940. The molecule has 0 radical (unpaired) electrons.